The first-order valence-electron chi connectivity index (χ1n) is 9.88. The van der Waals surface area contributed by atoms with E-state index in [0.717, 1.165) is 16.8 Å². The Balaban J connectivity index is 1.99. The summed E-state index contributed by atoms with van der Waals surface area (Å²) in [7, 11) is 0. The van der Waals surface area contributed by atoms with Crippen LogP contribution in [0.5, 0.6) is 0 Å². The van der Waals surface area contributed by atoms with Crippen LogP contribution < -0.4 is 15.4 Å². The van der Waals surface area contributed by atoms with E-state index in [9.17, 15) is 18.0 Å². The topological polar surface area (TPSA) is 84.1 Å². The Morgan fingerprint density at radius 3 is 2.16 bits per heavy atom. The number of anilines is 1. The molecule has 0 saturated carbocycles. The average molecular weight is 459 g/mol. The van der Waals surface area contributed by atoms with E-state index in [4.69, 9.17) is 5.14 Å². The minimum Gasteiger partial charge on any atom is -0.353 e. The lowest BCUT2D eigenvalue weighted by molar-refractivity contribution is -0.144. The third-order valence-electron chi connectivity index (χ3n) is 5.16. The molecule has 0 aliphatic carbocycles. The lowest BCUT2D eigenvalue weighted by atomic mass is 9.98. The molecule has 4 rings (SSSR count). The summed E-state index contributed by atoms with van der Waals surface area (Å²) in [4.78, 5) is 21.6. The summed E-state index contributed by atoms with van der Waals surface area (Å²) in [5.74, 6) is -0.963. The fourth-order valence-electron chi connectivity index (χ4n) is 3.58. The van der Waals surface area contributed by atoms with Crippen LogP contribution in [0, 0.1) is 0 Å². The molecule has 0 radical (unpaired) electrons. The van der Waals surface area contributed by atoms with Gasteiger partial charge in [-0.15, -0.1) is 0 Å². The molecule has 3 aromatic rings. The van der Waals surface area contributed by atoms with E-state index in [0.29, 0.717) is 54.7 Å². The van der Waals surface area contributed by atoms with E-state index in [1.807, 2.05) is 4.90 Å². The molecule has 32 heavy (non-hydrogen) atoms. The molecule has 1 aliphatic heterocycles. The van der Waals surface area contributed by atoms with Gasteiger partial charge in [-0.3, -0.25) is 9.93 Å². The van der Waals surface area contributed by atoms with Gasteiger partial charge in [-0.1, -0.05) is 36.4 Å². The Bertz CT molecular complexity index is 1100. The number of alkyl halides is 3. The largest absolute Gasteiger partial charge is 0.451 e. The number of benzene rings is 2. The quantitative estimate of drug-likeness (QED) is 0.440. The zero-order chi connectivity index (χ0) is 22.7. The Morgan fingerprint density at radius 2 is 1.59 bits per heavy atom. The van der Waals surface area contributed by atoms with Gasteiger partial charge >= 0.3 is 6.18 Å². The first-order valence-corrected chi connectivity index (χ1v) is 10.8. The van der Waals surface area contributed by atoms with Gasteiger partial charge in [-0.25, -0.2) is 9.97 Å². The van der Waals surface area contributed by atoms with Crippen molar-refractivity contribution in [1.29, 1.82) is 0 Å². The number of nitrogens with one attached hydrogen (secondary N) is 1. The maximum absolute atomic E-state index is 13.8. The third-order valence-corrected chi connectivity index (χ3v) is 5.70. The second-order valence-corrected chi connectivity index (χ2v) is 7.92. The number of aromatic nitrogens is 2. The number of rotatable bonds is 5. The number of carbonyl (C=O) groups excluding carboxylic acids is 1. The smallest absolute Gasteiger partial charge is 0.353 e. The standard InChI is InChI=1S/C22H20F3N5OS/c23-22(24,25)21-28-19(16-3-1-14(13-31)2-4-16)18(15-5-7-17(32-26)8-6-15)20(29-21)30-11-9-27-10-12-30/h1-8,13,27H,9-12,26H2. The molecular formula is C22H20F3N5OS. The van der Waals surface area contributed by atoms with Crippen molar-refractivity contribution in [2.45, 2.75) is 11.1 Å². The van der Waals surface area contributed by atoms with E-state index in [2.05, 4.69) is 15.3 Å². The van der Waals surface area contributed by atoms with Crippen molar-refractivity contribution in [3.8, 4) is 22.4 Å². The normalized spacial score (nSPS) is 14.4. The summed E-state index contributed by atoms with van der Waals surface area (Å²) in [6.45, 7) is 2.30. The molecule has 3 N–H and O–H groups in total. The van der Waals surface area contributed by atoms with Gasteiger partial charge in [0.15, 0.2) is 0 Å². The second kappa shape index (κ2) is 9.27. The van der Waals surface area contributed by atoms with Crippen LogP contribution in [0.4, 0.5) is 19.0 Å². The maximum Gasteiger partial charge on any atom is 0.451 e. The van der Waals surface area contributed by atoms with Gasteiger partial charge in [0.05, 0.1) is 11.3 Å². The molecule has 0 unspecified atom stereocenters. The molecular weight excluding hydrogens is 439 g/mol. The van der Waals surface area contributed by atoms with Gasteiger partial charge in [0.25, 0.3) is 0 Å². The van der Waals surface area contributed by atoms with Crippen LogP contribution >= 0.6 is 11.9 Å². The highest BCUT2D eigenvalue weighted by Crippen LogP contribution is 2.40. The number of halogens is 3. The zero-order valence-corrected chi connectivity index (χ0v) is 17.7. The van der Waals surface area contributed by atoms with Crippen molar-refractivity contribution in [3.05, 3.63) is 59.9 Å². The zero-order valence-electron chi connectivity index (χ0n) is 16.9. The first-order chi connectivity index (χ1) is 15.4. The summed E-state index contributed by atoms with van der Waals surface area (Å²) in [6.07, 6.45) is -4.03. The van der Waals surface area contributed by atoms with Gasteiger partial charge in [0.2, 0.25) is 5.82 Å². The summed E-state index contributed by atoms with van der Waals surface area (Å²) < 4.78 is 41.3. The molecule has 0 spiro atoms. The van der Waals surface area contributed by atoms with Crippen LogP contribution in [-0.2, 0) is 6.18 Å². The lowest BCUT2D eigenvalue weighted by Crippen LogP contribution is -2.44. The van der Waals surface area contributed by atoms with Crippen LogP contribution in [-0.4, -0.2) is 42.4 Å². The molecule has 166 valence electrons. The number of nitrogens with zero attached hydrogens (tertiary/aromatic N) is 3. The van der Waals surface area contributed by atoms with Crippen LogP contribution in [0.15, 0.2) is 53.4 Å². The van der Waals surface area contributed by atoms with Crippen molar-refractivity contribution < 1.29 is 18.0 Å². The minimum atomic E-state index is -4.71. The predicted octanol–water partition coefficient (Wildman–Crippen LogP) is 4.02. The van der Waals surface area contributed by atoms with E-state index in [-0.39, 0.29) is 11.5 Å². The number of piperazine rings is 1. The predicted molar refractivity (Wildman–Crippen MR) is 118 cm³/mol. The van der Waals surface area contributed by atoms with Crippen molar-refractivity contribution in [1.82, 2.24) is 15.3 Å². The average Bonchev–Trinajstić information content (AvgIpc) is 2.83. The first kappa shape index (κ1) is 22.3. The summed E-state index contributed by atoms with van der Waals surface area (Å²) in [5.41, 5.74) is 2.23. The van der Waals surface area contributed by atoms with E-state index in [1.165, 1.54) is 0 Å². The van der Waals surface area contributed by atoms with Gasteiger partial charge in [-0.2, -0.15) is 13.2 Å². The van der Waals surface area contributed by atoms with Crippen molar-refractivity contribution in [3.63, 3.8) is 0 Å². The number of carbonyl (C=O) groups is 1. The molecule has 1 aliphatic rings. The van der Waals surface area contributed by atoms with Crippen LogP contribution in [0.3, 0.4) is 0 Å². The molecule has 0 atom stereocenters. The van der Waals surface area contributed by atoms with Crippen molar-refractivity contribution in [2.75, 3.05) is 31.1 Å². The van der Waals surface area contributed by atoms with E-state index < -0.39 is 12.0 Å². The molecule has 1 fully saturated rings. The van der Waals surface area contributed by atoms with E-state index in [1.54, 1.807) is 48.5 Å². The van der Waals surface area contributed by atoms with E-state index >= 15 is 0 Å². The molecule has 1 saturated heterocycles. The molecule has 2 heterocycles. The van der Waals surface area contributed by atoms with Gasteiger partial charge in [0, 0.05) is 42.2 Å². The number of nitrogens with two attached hydrogens (primary N) is 1. The highest BCUT2D eigenvalue weighted by Gasteiger charge is 2.37. The number of hydrogen-bond acceptors (Lipinski definition) is 7. The number of aldehydes is 1. The fraction of sp³-hybridized carbons (Fsp3) is 0.227. The fourth-order valence-corrected chi connectivity index (χ4v) is 3.87. The molecule has 2 aromatic carbocycles. The summed E-state index contributed by atoms with van der Waals surface area (Å²) in [6, 6.07) is 13.5. The maximum atomic E-state index is 13.8. The highest BCUT2D eigenvalue weighted by atomic mass is 32.2. The molecule has 1 aromatic heterocycles. The molecule has 10 heteroatoms. The van der Waals surface area contributed by atoms with Gasteiger partial charge < -0.3 is 10.2 Å². The second-order valence-electron chi connectivity index (χ2n) is 7.21. The van der Waals surface area contributed by atoms with Crippen LogP contribution in [0.2, 0.25) is 0 Å². The molecule has 0 bridgehead atoms. The molecule has 6 nitrogen and oxygen atoms in total. The Kier molecular flexibility index (Phi) is 6.45. The van der Waals surface area contributed by atoms with Gasteiger partial charge in [-0.05, 0) is 29.6 Å². The van der Waals surface area contributed by atoms with Crippen molar-refractivity contribution >= 4 is 24.1 Å². The van der Waals surface area contributed by atoms with Gasteiger partial charge in [0.1, 0.15) is 12.1 Å². The minimum absolute atomic E-state index is 0.159. The van der Waals surface area contributed by atoms with Crippen LogP contribution in [0.1, 0.15) is 16.2 Å². The van der Waals surface area contributed by atoms with Crippen molar-refractivity contribution in [2.24, 2.45) is 5.14 Å². The third kappa shape index (κ3) is 4.62. The highest BCUT2D eigenvalue weighted by molar-refractivity contribution is 7.97. The Morgan fingerprint density at radius 1 is 0.969 bits per heavy atom. The Hall–Kier alpha value is -2.95. The Labute approximate surface area is 187 Å². The summed E-state index contributed by atoms with van der Waals surface area (Å²) in [5, 5.41) is 8.83. The summed E-state index contributed by atoms with van der Waals surface area (Å²) >= 11 is 1.08. The van der Waals surface area contributed by atoms with Crippen LogP contribution in [0.25, 0.3) is 22.4 Å². The SMILES string of the molecule is NSc1ccc(-c2c(-c3ccc(C=O)cc3)nc(C(F)(F)F)nc2N2CCNCC2)cc1. The molecule has 0 amide bonds. The monoisotopic (exact) mass is 459 g/mol. The lowest BCUT2D eigenvalue weighted by Gasteiger charge is -2.31. The number of hydrogen-bond donors (Lipinski definition) is 2.